The first-order valence-electron chi connectivity index (χ1n) is 16.6. The highest BCUT2D eigenvalue weighted by Gasteiger charge is 2.47. The number of likely N-dealkylation sites (tertiary alicyclic amines) is 1. The average Bonchev–Trinajstić information content (AvgIpc) is 3.49. The second-order valence-electron chi connectivity index (χ2n) is 13.8. The van der Waals surface area contributed by atoms with Crippen LogP contribution in [0.2, 0.25) is 0 Å². The molecule has 9 nitrogen and oxygen atoms in total. The number of piperidine rings is 1. The van der Waals surface area contributed by atoms with E-state index in [2.05, 4.69) is 49.8 Å². The number of methoxy groups -OCH3 is 1. The first-order valence-corrected chi connectivity index (χ1v) is 17.5. The van der Waals surface area contributed by atoms with Crippen molar-refractivity contribution in [1.29, 1.82) is 0 Å². The first kappa shape index (κ1) is 28.9. The Balaban J connectivity index is 1.14. The number of fused-ring (bicyclic) bond motifs is 5. The standard InChI is InChI=1S/C37H38N6O3S/c1-40-35-27(13-25(16-33(35)46-3)37(45)43-18-24-9-11-29(43)34(24)38)39-36(40)31-15-23-7-6-22(14-30(23)42(31)17-20-4-5-20)21-8-10-28-26(12-21)32(44)19-47-41(28)2/h6-8,10,12-16,20,24,29,34H,4-5,9,11,17-19,38H2,1-3H3/t24?,29?,34-/m1/s1. The van der Waals surface area contributed by atoms with Gasteiger partial charge in [-0.2, -0.15) is 0 Å². The van der Waals surface area contributed by atoms with Gasteiger partial charge in [-0.1, -0.05) is 18.2 Å². The van der Waals surface area contributed by atoms with Gasteiger partial charge in [0, 0.05) is 61.3 Å². The van der Waals surface area contributed by atoms with Gasteiger partial charge in [-0.15, -0.1) is 0 Å². The van der Waals surface area contributed by atoms with Gasteiger partial charge in [-0.05, 0) is 97.0 Å². The van der Waals surface area contributed by atoms with E-state index in [0.717, 1.165) is 81.8 Å². The van der Waals surface area contributed by atoms with E-state index in [1.54, 1.807) is 19.1 Å². The number of nitrogens with zero attached hydrogens (tertiary/aromatic N) is 5. The van der Waals surface area contributed by atoms with Gasteiger partial charge < -0.3 is 28.8 Å². The summed E-state index contributed by atoms with van der Waals surface area (Å²) in [6.07, 6.45) is 4.52. The molecule has 1 amide bonds. The van der Waals surface area contributed by atoms with E-state index in [1.807, 2.05) is 37.2 Å². The third-order valence-corrected chi connectivity index (χ3v) is 11.9. The van der Waals surface area contributed by atoms with Gasteiger partial charge in [-0.25, -0.2) is 4.98 Å². The van der Waals surface area contributed by atoms with E-state index in [-0.39, 0.29) is 23.8 Å². The van der Waals surface area contributed by atoms with Crippen LogP contribution in [0.5, 0.6) is 5.75 Å². The van der Waals surface area contributed by atoms with Crippen LogP contribution in [0.4, 0.5) is 5.69 Å². The van der Waals surface area contributed by atoms with Gasteiger partial charge in [0.15, 0.2) is 11.6 Å². The Morgan fingerprint density at radius 1 is 1.02 bits per heavy atom. The summed E-state index contributed by atoms with van der Waals surface area (Å²) in [5.74, 6) is 3.14. The molecule has 2 aromatic heterocycles. The van der Waals surface area contributed by atoms with Crippen LogP contribution in [0.1, 0.15) is 46.4 Å². The number of ketones is 1. The summed E-state index contributed by atoms with van der Waals surface area (Å²) in [5.41, 5.74) is 14.7. The van der Waals surface area contributed by atoms with Crippen molar-refractivity contribution in [2.75, 3.05) is 30.8 Å². The minimum absolute atomic E-state index is 0.00436. The lowest BCUT2D eigenvalue weighted by Gasteiger charge is -2.27. The molecule has 3 atom stereocenters. The normalized spacial score (nSPS) is 22.1. The number of benzene rings is 3. The largest absolute Gasteiger partial charge is 0.494 e. The molecule has 3 aromatic carbocycles. The topological polar surface area (TPSA) is 98.6 Å². The van der Waals surface area contributed by atoms with Crippen molar-refractivity contribution in [3.63, 3.8) is 0 Å². The summed E-state index contributed by atoms with van der Waals surface area (Å²) in [7, 11) is 5.69. The van der Waals surface area contributed by atoms with Crippen molar-refractivity contribution >= 4 is 51.3 Å². The van der Waals surface area contributed by atoms with Gasteiger partial charge in [0.05, 0.1) is 29.8 Å². The van der Waals surface area contributed by atoms with Crippen LogP contribution in [0.15, 0.2) is 54.6 Å². The van der Waals surface area contributed by atoms with Crippen molar-refractivity contribution in [2.45, 2.75) is 44.3 Å². The van der Waals surface area contributed by atoms with Crippen molar-refractivity contribution in [2.24, 2.45) is 24.6 Å². The molecule has 47 heavy (non-hydrogen) atoms. The number of carbonyl (C=O) groups excluding carboxylic acids is 2. The number of nitrogens with two attached hydrogens (primary N) is 1. The van der Waals surface area contributed by atoms with Crippen LogP contribution in [-0.4, -0.2) is 69.2 Å². The molecule has 1 saturated heterocycles. The second kappa shape index (κ2) is 10.6. The highest BCUT2D eigenvalue weighted by Crippen LogP contribution is 2.41. The second-order valence-corrected chi connectivity index (χ2v) is 14.9. The zero-order valence-electron chi connectivity index (χ0n) is 26.9. The number of aryl methyl sites for hydroxylation is 1. The average molecular weight is 647 g/mol. The number of hydrogen-bond acceptors (Lipinski definition) is 7. The number of amides is 1. The molecule has 4 aliphatic rings. The smallest absolute Gasteiger partial charge is 0.254 e. The maximum atomic E-state index is 13.8. The van der Waals surface area contributed by atoms with E-state index in [0.29, 0.717) is 28.9 Å². The van der Waals surface area contributed by atoms with Crippen molar-refractivity contribution in [3.05, 3.63) is 65.7 Å². The molecule has 2 N–H and O–H groups in total. The lowest BCUT2D eigenvalue weighted by molar-refractivity contribution is 0.0700. The number of Topliss-reactive ketones (excluding diaryl/α,β-unsaturated/α-hetero) is 1. The third kappa shape index (κ3) is 4.52. The molecular formula is C37H38N6O3S. The van der Waals surface area contributed by atoms with E-state index in [9.17, 15) is 9.59 Å². The molecule has 10 heteroatoms. The Kier molecular flexibility index (Phi) is 6.53. The number of anilines is 1. The molecular weight excluding hydrogens is 609 g/mol. The maximum Gasteiger partial charge on any atom is 0.254 e. The van der Waals surface area contributed by atoms with Crippen molar-refractivity contribution in [1.82, 2.24) is 19.0 Å². The zero-order chi connectivity index (χ0) is 32.1. The predicted molar refractivity (Wildman–Crippen MR) is 187 cm³/mol. The zero-order valence-corrected chi connectivity index (χ0v) is 27.7. The molecule has 2 unspecified atom stereocenters. The minimum Gasteiger partial charge on any atom is -0.494 e. The van der Waals surface area contributed by atoms with Gasteiger partial charge in [0.25, 0.3) is 5.91 Å². The van der Waals surface area contributed by atoms with Crippen molar-refractivity contribution < 1.29 is 14.3 Å². The SMILES string of the molecule is COc1cc(C(=O)N2CC3CCC2[C@@H]3N)cc2nc(-c3cc4ccc(-c5ccc6c(c5)C(=O)CSN6C)cc4n3CC3CC3)n(C)c12. The number of rotatable bonds is 6. The van der Waals surface area contributed by atoms with E-state index in [1.165, 1.54) is 12.8 Å². The Bertz CT molecular complexity index is 2130. The fourth-order valence-corrected chi connectivity index (χ4v) is 8.92. The third-order valence-electron chi connectivity index (χ3n) is 10.9. The van der Waals surface area contributed by atoms with Crippen LogP contribution in [-0.2, 0) is 13.6 Å². The maximum absolute atomic E-state index is 13.8. The summed E-state index contributed by atoms with van der Waals surface area (Å²) < 4.78 is 12.5. The number of carbonyl (C=O) groups is 2. The Hall–Kier alpha value is -4.28. The summed E-state index contributed by atoms with van der Waals surface area (Å²) in [5, 5.41) is 1.14. The van der Waals surface area contributed by atoms with Gasteiger partial charge in [0.1, 0.15) is 11.3 Å². The number of imidazole rings is 1. The Morgan fingerprint density at radius 2 is 1.83 bits per heavy atom. The summed E-state index contributed by atoms with van der Waals surface area (Å²) in [6, 6.07) is 19.0. The molecule has 2 aliphatic carbocycles. The number of hydrogen-bond donors (Lipinski definition) is 1. The van der Waals surface area contributed by atoms with E-state index < -0.39 is 0 Å². The van der Waals surface area contributed by atoms with Crippen LogP contribution in [0.3, 0.4) is 0 Å². The fourth-order valence-electron chi connectivity index (χ4n) is 8.16. The van der Waals surface area contributed by atoms with Crippen LogP contribution < -0.4 is 14.8 Å². The monoisotopic (exact) mass is 646 g/mol. The molecule has 2 aliphatic heterocycles. The highest BCUT2D eigenvalue weighted by atomic mass is 32.2. The number of aromatic nitrogens is 3. The van der Waals surface area contributed by atoms with Crippen LogP contribution >= 0.6 is 11.9 Å². The van der Waals surface area contributed by atoms with Gasteiger partial charge >= 0.3 is 0 Å². The first-order chi connectivity index (χ1) is 22.8. The Morgan fingerprint density at radius 3 is 2.57 bits per heavy atom. The molecule has 0 radical (unpaired) electrons. The molecule has 4 heterocycles. The van der Waals surface area contributed by atoms with E-state index in [4.69, 9.17) is 15.5 Å². The Labute approximate surface area is 277 Å². The number of ether oxygens (including phenoxy) is 1. The molecule has 9 rings (SSSR count). The van der Waals surface area contributed by atoms with Gasteiger partial charge in [-0.3, -0.25) is 9.59 Å². The quantitative estimate of drug-likeness (QED) is 0.222. The molecule has 0 spiro atoms. The minimum atomic E-state index is 0.00436. The van der Waals surface area contributed by atoms with Crippen LogP contribution in [0.25, 0.3) is 44.6 Å². The summed E-state index contributed by atoms with van der Waals surface area (Å²) in [4.78, 5) is 33.7. The van der Waals surface area contributed by atoms with Crippen LogP contribution in [0, 0.1) is 11.8 Å². The van der Waals surface area contributed by atoms with Gasteiger partial charge in [0.2, 0.25) is 0 Å². The molecule has 5 aromatic rings. The highest BCUT2D eigenvalue weighted by molar-refractivity contribution is 8.01. The van der Waals surface area contributed by atoms with E-state index >= 15 is 0 Å². The lowest BCUT2D eigenvalue weighted by atomic mass is 9.99. The summed E-state index contributed by atoms with van der Waals surface area (Å²) >= 11 is 1.54. The summed E-state index contributed by atoms with van der Waals surface area (Å²) in [6.45, 7) is 1.63. The molecule has 240 valence electrons. The molecule has 2 saturated carbocycles. The molecule has 3 fully saturated rings. The molecule has 2 bridgehead atoms. The van der Waals surface area contributed by atoms with Crippen molar-refractivity contribution in [3.8, 4) is 28.4 Å². The fraction of sp³-hybridized carbons (Fsp3) is 0.378. The lowest BCUT2D eigenvalue weighted by Crippen LogP contribution is -2.41. The predicted octanol–water partition coefficient (Wildman–Crippen LogP) is 6.12.